The van der Waals surface area contributed by atoms with Gasteiger partial charge in [0, 0.05) is 25.7 Å². The lowest BCUT2D eigenvalue weighted by molar-refractivity contribution is -0.161. The van der Waals surface area contributed by atoms with Crippen LogP contribution < -0.4 is 0 Å². The van der Waals surface area contributed by atoms with E-state index in [1.165, 1.54) is 103 Å². The van der Waals surface area contributed by atoms with Crippen LogP contribution in [-0.4, -0.2) is 96.7 Å². The molecule has 2 unspecified atom stereocenters. The van der Waals surface area contributed by atoms with E-state index in [-0.39, 0.29) is 25.7 Å². The first-order valence-corrected chi connectivity index (χ1v) is 36.2. The van der Waals surface area contributed by atoms with Crippen LogP contribution in [0.1, 0.15) is 306 Å². The normalized spacial score (nSPS) is 14.4. The zero-order chi connectivity index (χ0) is 61.8. The highest BCUT2D eigenvalue weighted by Gasteiger charge is 2.30. The van der Waals surface area contributed by atoms with Crippen LogP contribution in [0, 0.1) is 23.7 Å². The standard InChI is InChI=1S/C64H124O17P2/c1-54(2)40-32-24-16-12-10-9-11-13-18-28-36-44-61(66)74-50-59(80-63(68)46-38-30-19-15-14-17-25-33-41-55(3)4)52-78-82(70,71)76-48-58(65)49-77-83(72,73)79-53-60(81-64(69)47-39-31-23-21-27-35-43-57(7)8)51-75-62(67)45-37-29-22-20-26-34-42-56(5)6/h54-60,65H,9-53H2,1-8H3,(H,70,71)(H,72,73)/t58-,59-,60-/m1/s1. The van der Waals surface area contributed by atoms with Crippen LogP contribution in [0.3, 0.4) is 0 Å². The molecule has 83 heavy (non-hydrogen) atoms. The molecule has 17 nitrogen and oxygen atoms in total. The van der Waals surface area contributed by atoms with Crippen molar-refractivity contribution in [2.24, 2.45) is 23.7 Å². The van der Waals surface area contributed by atoms with E-state index in [1.807, 2.05) is 0 Å². The number of carbonyl (C=O) groups excluding carboxylic acids is 4. The van der Waals surface area contributed by atoms with Gasteiger partial charge in [0.2, 0.25) is 0 Å². The largest absolute Gasteiger partial charge is 0.472 e. The number of unbranched alkanes of at least 4 members (excludes halogenated alkanes) is 27. The van der Waals surface area contributed by atoms with Crippen LogP contribution >= 0.6 is 15.6 Å². The average molecular weight is 1230 g/mol. The second-order valence-electron chi connectivity index (χ2n) is 25.1. The molecule has 0 aromatic rings. The maximum atomic E-state index is 13.0. The summed E-state index contributed by atoms with van der Waals surface area (Å²) in [6.07, 6.45) is 33.8. The molecular formula is C64H124O17P2. The molecule has 0 aliphatic rings. The molecule has 0 amide bonds. The number of esters is 4. The van der Waals surface area contributed by atoms with E-state index in [0.29, 0.717) is 37.5 Å². The average Bonchev–Trinajstić information content (AvgIpc) is 3.42. The Morgan fingerprint density at radius 3 is 0.747 bits per heavy atom. The summed E-state index contributed by atoms with van der Waals surface area (Å²) in [6.45, 7) is 13.9. The van der Waals surface area contributed by atoms with Crippen molar-refractivity contribution >= 4 is 39.5 Å². The number of phosphoric ester groups is 2. The van der Waals surface area contributed by atoms with Crippen LogP contribution in [0.4, 0.5) is 0 Å². The van der Waals surface area contributed by atoms with Gasteiger partial charge in [0.1, 0.15) is 19.3 Å². The zero-order valence-corrected chi connectivity index (χ0v) is 55.6. The van der Waals surface area contributed by atoms with Crippen LogP contribution in [0.5, 0.6) is 0 Å². The predicted octanol–water partition coefficient (Wildman–Crippen LogP) is 17.4. The van der Waals surface area contributed by atoms with Gasteiger partial charge in [0.25, 0.3) is 0 Å². The fourth-order valence-corrected chi connectivity index (χ4v) is 11.0. The molecule has 0 fully saturated rings. The Labute approximate surface area is 505 Å². The summed E-state index contributed by atoms with van der Waals surface area (Å²) in [6, 6.07) is 0. The zero-order valence-electron chi connectivity index (χ0n) is 53.8. The molecule has 0 spiro atoms. The molecule has 0 aromatic heterocycles. The van der Waals surface area contributed by atoms with Crippen molar-refractivity contribution < 1.29 is 80.2 Å². The Balaban J connectivity index is 5.23. The predicted molar refractivity (Wildman–Crippen MR) is 331 cm³/mol. The first-order valence-electron chi connectivity index (χ1n) is 33.2. The van der Waals surface area contributed by atoms with Gasteiger partial charge < -0.3 is 33.8 Å². The van der Waals surface area contributed by atoms with Crippen molar-refractivity contribution in [2.45, 2.75) is 324 Å². The third kappa shape index (κ3) is 58.8. The van der Waals surface area contributed by atoms with Gasteiger partial charge in [0.15, 0.2) is 12.2 Å². The number of aliphatic hydroxyl groups excluding tert-OH is 1. The molecule has 0 aliphatic carbocycles. The lowest BCUT2D eigenvalue weighted by Crippen LogP contribution is -2.30. The maximum Gasteiger partial charge on any atom is 0.472 e. The number of carbonyl (C=O) groups is 4. The SMILES string of the molecule is CC(C)CCCCCCCCCCCCCC(=O)OC[C@H](COP(=O)(O)OC[C@@H](O)COP(=O)(O)OC[C@@H](COC(=O)CCCCCCCCC(C)C)OC(=O)CCCCCCCCC(C)C)OC(=O)CCCCCCCCCCC(C)C. The van der Waals surface area contributed by atoms with Gasteiger partial charge in [0.05, 0.1) is 26.4 Å². The monoisotopic (exact) mass is 1230 g/mol. The molecule has 492 valence electrons. The number of ether oxygens (including phenoxy) is 4. The second-order valence-corrected chi connectivity index (χ2v) is 28.0. The minimum Gasteiger partial charge on any atom is -0.462 e. The Hall–Kier alpha value is -1.94. The second kappa shape index (κ2) is 54.2. The fraction of sp³-hybridized carbons (Fsp3) is 0.938. The van der Waals surface area contributed by atoms with E-state index in [9.17, 15) is 43.2 Å². The summed E-state index contributed by atoms with van der Waals surface area (Å²) in [4.78, 5) is 72.1. The van der Waals surface area contributed by atoms with Crippen molar-refractivity contribution in [3.8, 4) is 0 Å². The van der Waals surface area contributed by atoms with E-state index < -0.39 is 97.5 Å². The Bertz CT molecular complexity index is 1660. The van der Waals surface area contributed by atoms with Crippen molar-refractivity contribution in [3.05, 3.63) is 0 Å². The maximum absolute atomic E-state index is 13.0. The van der Waals surface area contributed by atoms with Crippen molar-refractivity contribution in [2.75, 3.05) is 39.6 Å². The van der Waals surface area contributed by atoms with Crippen LogP contribution in [0.15, 0.2) is 0 Å². The Kier molecular flexibility index (Phi) is 53.0. The van der Waals surface area contributed by atoms with E-state index in [2.05, 4.69) is 55.4 Å². The third-order valence-electron chi connectivity index (χ3n) is 14.6. The first kappa shape index (κ1) is 81.1. The molecule has 0 saturated heterocycles. The lowest BCUT2D eigenvalue weighted by Gasteiger charge is -2.21. The smallest absolute Gasteiger partial charge is 0.462 e. The molecule has 0 heterocycles. The highest BCUT2D eigenvalue weighted by atomic mass is 31.2. The van der Waals surface area contributed by atoms with Crippen LogP contribution in [-0.2, 0) is 65.4 Å². The van der Waals surface area contributed by atoms with Gasteiger partial charge in [-0.3, -0.25) is 37.3 Å². The number of hydrogen-bond donors (Lipinski definition) is 3. The summed E-state index contributed by atoms with van der Waals surface area (Å²) in [5.41, 5.74) is 0. The molecule has 0 saturated carbocycles. The Morgan fingerprint density at radius 2 is 0.506 bits per heavy atom. The molecule has 0 aromatic carbocycles. The van der Waals surface area contributed by atoms with Gasteiger partial charge in [-0.05, 0) is 49.4 Å². The minimum atomic E-state index is -4.95. The Morgan fingerprint density at radius 1 is 0.301 bits per heavy atom. The van der Waals surface area contributed by atoms with E-state index in [1.54, 1.807) is 0 Å². The highest BCUT2D eigenvalue weighted by Crippen LogP contribution is 2.45. The van der Waals surface area contributed by atoms with Crippen molar-refractivity contribution in [3.63, 3.8) is 0 Å². The molecular weight excluding hydrogens is 1100 g/mol. The summed E-state index contributed by atoms with van der Waals surface area (Å²) in [5.74, 6) is 0.693. The molecule has 0 rings (SSSR count). The van der Waals surface area contributed by atoms with E-state index in [0.717, 1.165) is 108 Å². The van der Waals surface area contributed by atoms with Gasteiger partial charge >= 0.3 is 39.5 Å². The van der Waals surface area contributed by atoms with Crippen LogP contribution in [0.25, 0.3) is 0 Å². The van der Waals surface area contributed by atoms with E-state index in [4.69, 9.17) is 37.0 Å². The van der Waals surface area contributed by atoms with Gasteiger partial charge in [-0.25, -0.2) is 9.13 Å². The molecule has 0 aliphatic heterocycles. The van der Waals surface area contributed by atoms with E-state index >= 15 is 0 Å². The molecule has 19 heteroatoms. The number of aliphatic hydroxyl groups is 1. The molecule has 5 atom stereocenters. The lowest BCUT2D eigenvalue weighted by atomic mass is 10.0. The first-order chi connectivity index (χ1) is 39.6. The molecule has 0 radical (unpaired) electrons. The van der Waals surface area contributed by atoms with Crippen molar-refractivity contribution in [1.29, 1.82) is 0 Å². The summed E-state index contributed by atoms with van der Waals surface area (Å²) >= 11 is 0. The summed E-state index contributed by atoms with van der Waals surface area (Å²) in [5, 5.41) is 10.5. The van der Waals surface area contributed by atoms with Gasteiger partial charge in [-0.15, -0.1) is 0 Å². The number of phosphoric acid groups is 2. The van der Waals surface area contributed by atoms with Crippen molar-refractivity contribution in [1.82, 2.24) is 0 Å². The minimum absolute atomic E-state index is 0.100. The van der Waals surface area contributed by atoms with Crippen LogP contribution in [0.2, 0.25) is 0 Å². The fourth-order valence-electron chi connectivity index (χ4n) is 9.43. The number of rotatable bonds is 61. The molecule has 0 bridgehead atoms. The number of hydrogen-bond acceptors (Lipinski definition) is 15. The molecule has 3 N–H and O–H groups in total. The third-order valence-corrected chi connectivity index (χ3v) is 16.5. The summed E-state index contributed by atoms with van der Waals surface area (Å²) < 4.78 is 67.9. The van der Waals surface area contributed by atoms with Gasteiger partial charge in [-0.1, -0.05) is 254 Å². The van der Waals surface area contributed by atoms with Gasteiger partial charge in [-0.2, -0.15) is 0 Å². The quantitative estimate of drug-likeness (QED) is 0.0222. The topological polar surface area (TPSA) is 237 Å². The summed E-state index contributed by atoms with van der Waals surface area (Å²) in [7, 11) is -9.89. The highest BCUT2D eigenvalue weighted by molar-refractivity contribution is 7.47.